The fourth-order valence-corrected chi connectivity index (χ4v) is 2.91. The summed E-state index contributed by atoms with van der Waals surface area (Å²) in [6.45, 7) is 5.53. The van der Waals surface area contributed by atoms with Gasteiger partial charge in [-0.3, -0.25) is 9.59 Å². The number of carbonyl (C=O) groups excluding carboxylic acids is 2. The van der Waals surface area contributed by atoms with Crippen LogP contribution in [0.25, 0.3) is 0 Å². The van der Waals surface area contributed by atoms with Gasteiger partial charge in [-0.05, 0) is 30.2 Å². The normalized spacial score (nSPS) is 17.2. The zero-order chi connectivity index (χ0) is 14.1. The zero-order valence-electron chi connectivity index (χ0n) is 12.1. The van der Waals surface area contributed by atoms with Crippen molar-refractivity contribution in [2.45, 2.75) is 13.3 Å². The molecule has 114 valence electrons. The molecule has 2 aliphatic rings. The van der Waals surface area contributed by atoms with Crippen molar-refractivity contribution in [2.75, 3.05) is 37.6 Å². The predicted molar refractivity (Wildman–Crippen MR) is 84.2 cm³/mol. The maximum Gasteiger partial charge on any atom is 0.253 e. The molecule has 5 nitrogen and oxygen atoms in total. The number of hydrogen-bond acceptors (Lipinski definition) is 3. The molecule has 0 aliphatic carbocycles. The summed E-state index contributed by atoms with van der Waals surface area (Å²) in [6, 6.07) is 5.69. The second kappa shape index (κ2) is 6.45. The standard InChI is InChI=1S/C15H19N3O2.ClH/c1-11(19)18-7-4-12-10-13(2-3-14(12)18)15(20)17-8-5-16-6-9-17;/h2-3,10,16H,4-9H2,1H3;1H. The highest BCUT2D eigenvalue weighted by Crippen LogP contribution is 2.29. The van der Waals surface area contributed by atoms with E-state index in [0.717, 1.165) is 56.0 Å². The Balaban J connectivity index is 0.00000161. The molecule has 0 spiro atoms. The third kappa shape index (κ3) is 3.04. The molecule has 1 fully saturated rings. The van der Waals surface area contributed by atoms with Gasteiger partial charge < -0.3 is 15.1 Å². The molecule has 0 unspecified atom stereocenters. The summed E-state index contributed by atoms with van der Waals surface area (Å²) in [5.74, 6) is 0.153. The Bertz CT molecular complexity index is 556. The number of halogens is 1. The molecule has 21 heavy (non-hydrogen) atoms. The maximum absolute atomic E-state index is 12.4. The second-order valence-corrected chi connectivity index (χ2v) is 5.31. The van der Waals surface area contributed by atoms with Gasteiger partial charge in [-0.2, -0.15) is 0 Å². The second-order valence-electron chi connectivity index (χ2n) is 5.31. The average Bonchev–Trinajstić information content (AvgIpc) is 2.90. The molecule has 0 radical (unpaired) electrons. The molecular formula is C15H20ClN3O2. The van der Waals surface area contributed by atoms with Crippen LogP contribution in [0.2, 0.25) is 0 Å². The van der Waals surface area contributed by atoms with E-state index in [2.05, 4.69) is 5.32 Å². The third-order valence-electron chi connectivity index (χ3n) is 4.01. The molecule has 3 rings (SSSR count). The first kappa shape index (κ1) is 15.8. The van der Waals surface area contributed by atoms with E-state index in [4.69, 9.17) is 0 Å². The van der Waals surface area contributed by atoms with Crippen LogP contribution in [0.1, 0.15) is 22.8 Å². The number of benzene rings is 1. The number of nitrogens with one attached hydrogen (secondary N) is 1. The molecule has 2 amide bonds. The molecular weight excluding hydrogens is 290 g/mol. The van der Waals surface area contributed by atoms with Crippen molar-refractivity contribution in [3.63, 3.8) is 0 Å². The van der Waals surface area contributed by atoms with Gasteiger partial charge in [0.2, 0.25) is 5.91 Å². The summed E-state index contributed by atoms with van der Waals surface area (Å²) in [7, 11) is 0. The SMILES string of the molecule is CC(=O)N1CCc2cc(C(=O)N3CCNCC3)ccc21.Cl. The smallest absolute Gasteiger partial charge is 0.253 e. The quantitative estimate of drug-likeness (QED) is 0.844. The van der Waals surface area contributed by atoms with E-state index in [-0.39, 0.29) is 24.2 Å². The molecule has 1 saturated heterocycles. The lowest BCUT2D eigenvalue weighted by atomic mass is 10.1. The van der Waals surface area contributed by atoms with Crippen LogP contribution in [-0.4, -0.2) is 49.4 Å². The van der Waals surface area contributed by atoms with E-state index < -0.39 is 0 Å². The van der Waals surface area contributed by atoms with Crippen molar-refractivity contribution >= 4 is 29.9 Å². The summed E-state index contributed by atoms with van der Waals surface area (Å²) in [5, 5.41) is 3.24. The van der Waals surface area contributed by atoms with Crippen LogP contribution in [0.5, 0.6) is 0 Å². The highest BCUT2D eigenvalue weighted by Gasteiger charge is 2.24. The molecule has 1 aromatic carbocycles. The first-order valence-corrected chi connectivity index (χ1v) is 7.08. The van der Waals surface area contributed by atoms with Crippen LogP contribution in [0.3, 0.4) is 0 Å². The van der Waals surface area contributed by atoms with Gasteiger partial charge in [-0.25, -0.2) is 0 Å². The van der Waals surface area contributed by atoms with E-state index in [1.807, 2.05) is 23.1 Å². The minimum Gasteiger partial charge on any atom is -0.336 e. The van der Waals surface area contributed by atoms with Gasteiger partial charge in [0, 0.05) is 50.9 Å². The Hall–Kier alpha value is -1.59. The highest BCUT2D eigenvalue weighted by atomic mass is 35.5. The molecule has 2 aliphatic heterocycles. The lowest BCUT2D eigenvalue weighted by Gasteiger charge is -2.27. The number of carbonyl (C=O) groups is 2. The van der Waals surface area contributed by atoms with Crippen LogP contribution < -0.4 is 10.2 Å². The van der Waals surface area contributed by atoms with E-state index >= 15 is 0 Å². The van der Waals surface area contributed by atoms with E-state index in [1.54, 1.807) is 11.8 Å². The molecule has 0 aromatic heterocycles. The van der Waals surface area contributed by atoms with Crippen molar-refractivity contribution in [1.82, 2.24) is 10.2 Å². The Kier molecular flexibility index (Phi) is 4.85. The van der Waals surface area contributed by atoms with E-state index in [0.29, 0.717) is 0 Å². The lowest BCUT2D eigenvalue weighted by Crippen LogP contribution is -2.46. The monoisotopic (exact) mass is 309 g/mol. The summed E-state index contributed by atoms with van der Waals surface area (Å²) in [6.07, 6.45) is 0.831. The molecule has 6 heteroatoms. The minimum atomic E-state index is 0. The number of amides is 2. The van der Waals surface area contributed by atoms with Crippen LogP contribution in [0, 0.1) is 0 Å². The molecule has 0 atom stereocenters. The van der Waals surface area contributed by atoms with Gasteiger partial charge in [0.15, 0.2) is 0 Å². The van der Waals surface area contributed by atoms with Gasteiger partial charge in [0.1, 0.15) is 0 Å². The Morgan fingerprint density at radius 2 is 1.86 bits per heavy atom. The van der Waals surface area contributed by atoms with E-state index in [9.17, 15) is 9.59 Å². The predicted octanol–water partition coefficient (Wildman–Crippen LogP) is 1.06. The van der Waals surface area contributed by atoms with Gasteiger partial charge in [-0.15, -0.1) is 12.4 Å². The molecule has 2 heterocycles. The number of hydrogen-bond donors (Lipinski definition) is 1. The Morgan fingerprint density at radius 1 is 1.14 bits per heavy atom. The Labute approximate surface area is 130 Å². The van der Waals surface area contributed by atoms with Gasteiger partial charge in [-0.1, -0.05) is 0 Å². The summed E-state index contributed by atoms with van der Waals surface area (Å²) < 4.78 is 0. The highest BCUT2D eigenvalue weighted by molar-refractivity contribution is 5.97. The third-order valence-corrected chi connectivity index (χ3v) is 4.01. The fraction of sp³-hybridized carbons (Fsp3) is 0.467. The number of fused-ring (bicyclic) bond motifs is 1. The van der Waals surface area contributed by atoms with Gasteiger partial charge in [0.25, 0.3) is 5.91 Å². The summed E-state index contributed by atoms with van der Waals surface area (Å²) in [4.78, 5) is 27.6. The zero-order valence-corrected chi connectivity index (χ0v) is 12.9. The number of nitrogens with zero attached hydrogens (tertiary/aromatic N) is 2. The summed E-state index contributed by atoms with van der Waals surface area (Å²) >= 11 is 0. The number of rotatable bonds is 1. The first-order valence-electron chi connectivity index (χ1n) is 7.08. The molecule has 1 N–H and O–H groups in total. The molecule has 0 bridgehead atoms. The van der Waals surface area contributed by atoms with Crippen molar-refractivity contribution in [2.24, 2.45) is 0 Å². The lowest BCUT2D eigenvalue weighted by molar-refractivity contribution is -0.116. The van der Waals surface area contributed by atoms with Gasteiger partial charge in [0.05, 0.1) is 0 Å². The average molecular weight is 310 g/mol. The van der Waals surface area contributed by atoms with Crippen LogP contribution in [0.4, 0.5) is 5.69 Å². The maximum atomic E-state index is 12.4. The van der Waals surface area contributed by atoms with E-state index in [1.165, 1.54) is 0 Å². The summed E-state index contributed by atoms with van der Waals surface area (Å²) in [5.41, 5.74) is 2.78. The topological polar surface area (TPSA) is 52.7 Å². The molecule has 1 aromatic rings. The van der Waals surface area contributed by atoms with Crippen molar-refractivity contribution in [1.29, 1.82) is 0 Å². The number of anilines is 1. The molecule has 0 saturated carbocycles. The van der Waals surface area contributed by atoms with Crippen molar-refractivity contribution < 1.29 is 9.59 Å². The Morgan fingerprint density at radius 3 is 2.52 bits per heavy atom. The minimum absolute atomic E-state index is 0. The van der Waals surface area contributed by atoms with Crippen LogP contribution >= 0.6 is 12.4 Å². The van der Waals surface area contributed by atoms with Crippen molar-refractivity contribution in [3.8, 4) is 0 Å². The fourth-order valence-electron chi connectivity index (χ4n) is 2.91. The number of piperazine rings is 1. The van der Waals surface area contributed by atoms with Crippen LogP contribution in [0.15, 0.2) is 18.2 Å². The van der Waals surface area contributed by atoms with Crippen molar-refractivity contribution in [3.05, 3.63) is 29.3 Å². The van der Waals surface area contributed by atoms with Gasteiger partial charge >= 0.3 is 0 Å². The first-order chi connectivity index (χ1) is 9.66. The largest absolute Gasteiger partial charge is 0.336 e. The van der Waals surface area contributed by atoms with Crippen LogP contribution in [-0.2, 0) is 11.2 Å².